The molecule has 2 unspecified atom stereocenters. The molecule has 132 valence electrons. The first-order chi connectivity index (χ1) is 11.6. The molecule has 0 bridgehead atoms. The Hall–Kier alpha value is -1.42. The number of hydrogen-bond donors (Lipinski definition) is 0. The Morgan fingerprint density at radius 2 is 1.92 bits per heavy atom. The van der Waals surface area contributed by atoms with Crippen molar-refractivity contribution < 1.29 is 9.53 Å². The molecule has 0 aliphatic carbocycles. The molecule has 1 fully saturated rings. The van der Waals surface area contributed by atoms with Crippen LogP contribution in [0.25, 0.3) is 0 Å². The fourth-order valence-corrected chi connectivity index (χ4v) is 3.46. The number of ether oxygens (including phenoxy) is 1. The third-order valence-corrected chi connectivity index (χ3v) is 5.11. The lowest BCUT2D eigenvalue weighted by molar-refractivity contribution is -0.120. The van der Waals surface area contributed by atoms with Crippen LogP contribution in [-0.4, -0.2) is 35.1 Å². The van der Waals surface area contributed by atoms with E-state index in [4.69, 9.17) is 17.0 Å². The maximum absolute atomic E-state index is 11.8. The van der Waals surface area contributed by atoms with E-state index in [1.165, 1.54) is 18.4 Å². The minimum atomic E-state index is -0.00574. The summed E-state index contributed by atoms with van der Waals surface area (Å²) in [6.45, 7) is 6.01. The Morgan fingerprint density at radius 1 is 1.25 bits per heavy atom. The van der Waals surface area contributed by atoms with Crippen molar-refractivity contribution in [2.24, 2.45) is 5.92 Å². The van der Waals surface area contributed by atoms with Crippen LogP contribution in [0.4, 0.5) is 0 Å². The third-order valence-electron chi connectivity index (χ3n) is 4.76. The van der Waals surface area contributed by atoms with Crippen molar-refractivity contribution in [2.75, 3.05) is 13.1 Å². The average molecular weight is 348 g/mol. The van der Waals surface area contributed by atoms with Gasteiger partial charge in [-0.2, -0.15) is 0 Å². The van der Waals surface area contributed by atoms with Crippen LogP contribution in [0.3, 0.4) is 0 Å². The van der Waals surface area contributed by atoms with Gasteiger partial charge in [-0.3, -0.25) is 4.79 Å². The van der Waals surface area contributed by atoms with E-state index < -0.39 is 0 Å². The highest BCUT2D eigenvalue weighted by molar-refractivity contribution is 7.80. The second-order valence-electron chi connectivity index (χ2n) is 6.71. The van der Waals surface area contributed by atoms with Crippen molar-refractivity contribution in [3.63, 3.8) is 0 Å². The van der Waals surface area contributed by atoms with Crippen molar-refractivity contribution in [1.29, 1.82) is 0 Å². The summed E-state index contributed by atoms with van der Waals surface area (Å²) < 4.78 is 6.17. The van der Waals surface area contributed by atoms with Crippen LogP contribution >= 0.6 is 12.2 Å². The zero-order valence-corrected chi connectivity index (χ0v) is 15.7. The quantitative estimate of drug-likeness (QED) is 0.652. The topological polar surface area (TPSA) is 29.5 Å². The molecule has 4 heteroatoms. The predicted octanol–water partition coefficient (Wildman–Crippen LogP) is 4.39. The normalized spacial score (nSPS) is 16.7. The zero-order chi connectivity index (χ0) is 17.4. The van der Waals surface area contributed by atoms with Gasteiger partial charge in [0.2, 0.25) is 0 Å². The summed E-state index contributed by atoms with van der Waals surface area (Å²) in [6, 6.07) is 10.4. The fraction of sp³-hybridized carbons (Fsp3) is 0.600. The molecule has 2 rings (SSSR count). The number of aryl methyl sites for hydroxylation is 1. The number of rotatable bonds is 8. The number of ketones is 1. The number of thiocarbonyl (C=S) groups is 1. The summed E-state index contributed by atoms with van der Waals surface area (Å²) in [5, 5.41) is 0.612. The number of hydrogen-bond acceptors (Lipinski definition) is 3. The number of nitrogens with zero attached hydrogens (tertiary/aromatic N) is 1. The average Bonchev–Trinajstić information content (AvgIpc) is 3.13. The summed E-state index contributed by atoms with van der Waals surface area (Å²) in [5.74, 6) is 0.476. The molecular formula is C20H29NO2S. The number of likely N-dealkylation sites (tertiary alicyclic amines) is 1. The van der Waals surface area contributed by atoms with E-state index in [9.17, 15) is 4.79 Å². The molecule has 0 amide bonds. The van der Waals surface area contributed by atoms with Crippen LogP contribution < -0.4 is 0 Å². The Kier molecular flexibility index (Phi) is 7.70. The highest BCUT2D eigenvalue weighted by Gasteiger charge is 2.25. The summed E-state index contributed by atoms with van der Waals surface area (Å²) >= 11 is 5.50. The molecule has 0 N–H and O–H groups in total. The van der Waals surface area contributed by atoms with Gasteiger partial charge in [0.05, 0.1) is 0 Å². The van der Waals surface area contributed by atoms with E-state index in [-0.39, 0.29) is 12.0 Å². The van der Waals surface area contributed by atoms with Gasteiger partial charge in [0.25, 0.3) is 5.17 Å². The molecule has 0 radical (unpaired) electrons. The van der Waals surface area contributed by atoms with Crippen LogP contribution in [0.1, 0.15) is 51.5 Å². The predicted molar refractivity (Wildman–Crippen MR) is 102 cm³/mol. The summed E-state index contributed by atoms with van der Waals surface area (Å²) in [7, 11) is 0. The summed E-state index contributed by atoms with van der Waals surface area (Å²) in [4.78, 5) is 14.0. The first kappa shape index (κ1) is 18.9. The highest BCUT2D eigenvalue weighted by atomic mass is 32.1. The van der Waals surface area contributed by atoms with Crippen molar-refractivity contribution in [3.8, 4) is 0 Å². The van der Waals surface area contributed by atoms with E-state index in [0.29, 0.717) is 23.8 Å². The minimum Gasteiger partial charge on any atom is -0.467 e. The molecule has 0 spiro atoms. The van der Waals surface area contributed by atoms with Gasteiger partial charge in [0.15, 0.2) is 0 Å². The van der Waals surface area contributed by atoms with Crippen molar-refractivity contribution >= 4 is 23.2 Å². The maximum atomic E-state index is 11.8. The van der Waals surface area contributed by atoms with Gasteiger partial charge in [0, 0.05) is 25.9 Å². The number of benzene rings is 1. The first-order valence-corrected chi connectivity index (χ1v) is 9.52. The van der Waals surface area contributed by atoms with Crippen LogP contribution in [0.2, 0.25) is 0 Å². The standard InChI is InChI=1S/C20H29NO2S/c1-3-18(22)15-16(2)19(12-11-17-9-5-4-6-10-17)23-20(24)21-13-7-8-14-21/h4-6,9-10,16,19H,3,7-8,11-15H2,1-2H3. The molecule has 24 heavy (non-hydrogen) atoms. The summed E-state index contributed by atoms with van der Waals surface area (Å²) in [5.41, 5.74) is 1.30. The van der Waals surface area contributed by atoms with E-state index in [2.05, 4.69) is 36.1 Å². The van der Waals surface area contributed by atoms with E-state index in [0.717, 1.165) is 25.9 Å². The molecule has 1 aliphatic rings. The first-order valence-electron chi connectivity index (χ1n) is 9.11. The maximum Gasteiger partial charge on any atom is 0.259 e. The summed E-state index contributed by atoms with van der Waals surface area (Å²) in [6.07, 6.45) is 5.35. The number of carbonyl (C=O) groups is 1. The van der Waals surface area contributed by atoms with Crippen LogP contribution in [0, 0.1) is 5.92 Å². The van der Waals surface area contributed by atoms with Crippen LogP contribution in [-0.2, 0) is 16.0 Å². The molecule has 1 saturated heterocycles. The van der Waals surface area contributed by atoms with Crippen molar-refractivity contribution in [3.05, 3.63) is 35.9 Å². The van der Waals surface area contributed by atoms with Gasteiger partial charge >= 0.3 is 0 Å². The molecular weight excluding hydrogens is 318 g/mol. The van der Waals surface area contributed by atoms with Gasteiger partial charge in [-0.1, -0.05) is 44.2 Å². The SMILES string of the molecule is CCC(=O)CC(C)C(CCc1ccccc1)OC(=S)N1CCCC1. The molecule has 1 aromatic rings. The van der Waals surface area contributed by atoms with Gasteiger partial charge in [-0.25, -0.2) is 0 Å². The molecule has 3 nitrogen and oxygen atoms in total. The van der Waals surface area contributed by atoms with Gasteiger partial charge in [-0.15, -0.1) is 0 Å². The van der Waals surface area contributed by atoms with Crippen molar-refractivity contribution in [2.45, 2.75) is 58.5 Å². The highest BCUT2D eigenvalue weighted by Crippen LogP contribution is 2.21. The van der Waals surface area contributed by atoms with Gasteiger partial charge in [0.1, 0.15) is 11.9 Å². The molecule has 0 saturated carbocycles. The van der Waals surface area contributed by atoms with E-state index >= 15 is 0 Å². The lowest BCUT2D eigenvalue weighted by atomic mass is 9.93. The Bertz CT molecular complexity index is 526. The lowest BCUT2D eigenvalue weighted by Crippen LogP contribution is -2.35. The van der Waals surface area contributed by atoms with Crippen molar-refractivity contribution in [1.82, 2.24) is 4.90 Å². The number of Topliss-reactive ketones (excluding diaryl/α,β-unsaturated/α-hetero) is 1. The minimum absolute atomic E-state index is 0.00574. The van der Waals surface area contributed by atoms with Gasteiger partial charge < -0.3 is 9.64 Å². The van der Waals surface area contributed by atoms with E-state index in [1.54, 1.807) is 0 Å². The fourth-order valence-electron chi connectivity index (χ4n) is 3.15. The molecule has 2 atom stereocenters. The third kappa shape index (κ3) is 5.90. The zero-order valence-electron chi connectivity index (χ0n) is 14.9. The smallest absolute Gasteiger partial charge is 0.259 e. The lowest BCUT2D eigenvalue weighted by Gasteiger charge is -2.28. The molecule has 1 heterocycles. The molecule has 1 aliphatic heterocycles. The monoisotopic (exact) mass is 347 g/mol. The van der Waals surface area contributed by atoms with E-state index in [1.807, 2.05) is 13.0 Å². The van der Waals surface area contributed by atoms with Crippen LogP contribution in [0.5, 0.6) is 0 Å². The molecule has 0 aromatic heterocycles. The Morgan fingerprint density at radius 3 is 2.54 bits per heavy atom. The largest absolute Gasteiger partial charge is 0.467 e. The van der Waals surface area contributed by atoms with Gasteiger partial charge in [-0.05, 0) is 49.4 Å². The second kappa shape index (κ2) is 9.77. The Labute approximate surface area is 151 Å². The Balaban J connectivity index is 1.96. The molecule has 1 aromatic carbocycles. The van der Waals surface area contributed by atoms with Crippen LogP contribution in [0.15, 0.2) is 30.3 Å². The second-order valence-corrected chi connectivity index (χ2v) is 7.06. The number of carbonyl (C=O) groups excluding carboxylic acids is 1.